The number of hydrogen-bond donors (Lipinski definition) is 2. The average molecular weight is 197 g/mol. The summed E-state index contributed by atoms with van der Waals surface area (Å²) in [6.07, 6.45) is 0.878. The molecule has 2 N–H and O–H groups in total. The lowest BCUT2D eigenvalue weighted by Gasteiger charge is -2.23. The number of nitrogens with one attached hydrogen (secondary N) is 1. The molecule has 0 aromatic heterocycles. The normalized spacial score (nSPS) is 45.4. The van der Waals surface area contributed by atoms with Crippen LogP contribution in [0.15, 0.2) is 0 Å². The maximum atomic E-state index is 8.93. The molecule has 2 rings (SSSR count). The molecule has 2 saturated heterocycles. The summed E-state index contributed by atoms with van der Waals surface area (Å²) in [5.41, 5.74) is 2.04. The summed E-state index contributed by atoms with van der Waals surface area (Å²) in [5.74, 6) is 0.198. The number of rotatable bonds is 2. The molecule has 14 heavy (non-hydrogen) atoms. The summed E-state index contributed by atoms with van der Waals surface area (Å²) in [6.45, 7) is 4.10. The molecular formula is C9H16BNO3. The first kappa shape index (κ1) is 10.4. The Bertz CT molecular complexity index is 204. The lowest BCUT2D eigenvalue weighted by atomic mass is 9.89. The van der Waals surface area contributed by atoms with Gasteiger partial charge in [-0.3, -0.25) is 0 Å². The van der Waals surface area contributed by atoms with Gasteiger partial charge < -0.3 is 14.7 Å². The zero-order valence-electron chi connectivity index (χ0n) is 8.56. The second-order valence-electron chi connectivity index (χ2n) is 4.67. The number of hydrogen-bond acceptors (Lipinski definition) is 4. The van der Waals surface area contributed by atoms with Crippen LogP contribution in [-0.2, 0) is 9.47 Å². The van der Waals surface area contributed by atoms with E-state index in [1.54, 1.807) is 0 Å². The van der Waals surface area contributed by atoms with Gasteiger partial charge in [0.2, 0.25) is 0 Å². The third kappa shape index (κ3) is 1.58. The van der Waals surface area contributed by atoms with Gasteiger partial charge in [-0.2, -0.15) is 5.48 Å². The van der Waals surface area contributed by atoms with Crippen LogP contribution in [0.2, 0.25) is 6.32 Å². The maximum absolute atomic E-state index is 8.93. The molecule has 2 radical (unpaired) electrons. The molecule has 0 spiro atoms. The van der Waals surface area contributed by atoms with E-state index in [-0.39, 0.29) is 30.0 Å². The molecule has 0 amide bonds. The van der Waals surface area contributed by atoms with Crippen molar-refractivity contribution in [3.8, 4) is 0 Å². The monoisotopic (exact) mass is 197 g/mol. The van der Waals surface area contributed by atoms with Crippen LogP contribution in [0.5, 0.6) is 0 Å². The van der Waals surface area contributed by atoms with Gasteiger partial charge in [-0.1, -0.05) is 6.32 Å². The van der Waals surface area contributed by atoms with Crippen LogP contribution in [0.25, 0.3) is 0 Å². The fourth-order valence-corrected chi connectivity index (χ4v) is 2.50. The maximum Gasteiger partial charge on any atom is 0.135 e. The van der Waals surface area contributed by atoms with E-state index in [0.29, 0.717) is 6.32 Å². The lowest BCUT2D eigenvalue weighted by Crippen LogP contribution is -2.33. The van der Waals surface area contributed by atoms with Crippen molar-refractivity contribution in [1.29, 1.82) is 0 Å². The standard InChI is InChI=1S/C9H16BNO3/c1-9(2)3-5-7(14-9)6(4-10)13-8(5)11-12/h5-8,11-12H,3-4H2,1-2H3. The Kier molecular flexibility index (Phi) is 2.60. The second-order valence-corrected chi connectivity index (χ2v) is 4.67. The van der Waals surface area contributed by atoms with Crippen LogP contribution in [0.4, 0.5) is 0 Å². The molecule has 4 atom stereocenters. The molecule has 0 aliphatic carbocycles. The molecule has 0 saturated carbocycles. The molecule has 5 heteroatoms. The predicted octanol–water partition coefficient (Wildman–Crippen LogP) is 0.461. The number of ether oxygens (including phenoxy) is 2. The van der Waals surface area contributed by atoms with Crippen LogP contribution < -0.4 is 5.48 Å². The van der Waals surface area contributed by atoms with Crippen LogP contribution in [0.3, 0.4) is 0 Å². The van der Waals surface area contributed by atoms with E-state index >= 15 is 0 Å². The molecule has 0 aromatic rings. The number of hydroxylamine groups is 1. The molecular weight excluding hydrogens is 181 g/mol. The van der Waals surface area contributed by atoms with E-state index in [9.17, 15) is 0 Å². The smallest absolute Gasteiger partial charge is 0.135 e. The van der Waals surface area contributed by atoms with E-state index < -0.39 is 0 Å². The van der Waals surface area contributed by atoms with E-state index in [4.69, 9.17) is 22.5 Å². The zero-order valence-corrected chi connectivity index (χ0v) is 8.56. The van der Waals surface area contributed by atoms with E-state index in [1.807, 2.05) is 13.8 Å². The third-order valence-corrected chi connectivity index (χ3v) is 3.04. The fraction of sp³-hybridized carbons (Fsp3) is 1.00. The Balaban J connectivity index is 2.12. The van der Waals surface area contributed by atoms with Gasteiger partial charge in [-0.25, -0.2) is 0 Å². The minimum atomic E-state index is -0.338. The fourth-order valence-electron chi connectivity index (χ4n) is 2.50. The van der Waals surface area contributed by atoms with Crippen molar-refractivity contribution in [2.75, 3.05) is 0 Å². The zero-order chi connectivity index (χ0) is 10.3. The van der Waals surface area contributed by atoms with Gasteiger partial charge in [0.1, 0.15) is 6.23 Å². The van der Waals surface area contributed by atoms with Crippen molar-refractivity contribution < 1.29 is 14.7 Å². The van der Waals surface area contributed by atoms with Crippen LogP contribution in [0, 0.1) is 5.92 Å². The quantitative estimate of drug-likeness (QED) is 0.498. The molecule has 78 valence electrons. The Labute approximate surface area is 85.3 Å². The highest BCUT2D eigenvalue weighted by Gasteiger charge is 2.52. The van der Waals surface area contributed by atoms with Gasteiger partial charge in [0.15, 0.2) is 0 Å². The predicted molar refractivity (Wildman–Crippen MR) is 51.2 cm³/mol. The van der Waals surface area contributed by atoms with Crippen molar-refractivity contribution in [2.45, 2.75) is 50.6 Å². The summed E-state index contributed by atoms with van der Waals surface area (Å²) in [7, 11) is 5.58. The van der Waals surface area contributed by atoms with Crippen molar-refractivity contribution in [2.24, 2.45) is 5.92 Å². The highest BCUT2D eigenvalue weighted by molar-refractivity contribution is 6.08. The van der Waals surface area contributed by atoms with Crippen molar-refractivity contribution in [3.05, 3.63) is 0 Å². The molecule has 0 bridgehead atoms. The average Bonchev–Trinajstić information content (AvgIpc) is 2.57. The minimum Gasteiger partial charge on any atom is -0.369 e. The molecule has 4 unspecified atom stereocenters. The van der Waals surface area contributed by atoms with E-state index in [2.05, 4.69) is 5.48 Å². The van der Waals surface area contributed by atoms with Gasteiger partial charge in [-0.05, 0) is 20.3 Å². The van der Waals surface area contributed by atoms with Gasteiger partial charge in [0.05, 0.1) is 25.7 Å². The third-order valence-electron chi connectivity index (χ3n) is 3.04. The highest BCUT2D eigenvalue weighted by Crippen LogP contribution is 2.44. The molecule has 2 aliphatic heterocycles. The lowest BCUT2D eigenvalue weighted by molar-refractivity contribution is -0.0939. The van der Waals surface area contributed by atoms with E-state index in [1.165, 1.54) is 0 Å². The summed E-state index contributed by atoms with van der Waals surface area (Å²) in [6, 6.07) is 0. The topological polar surface area (TPSA) is 50.7 Å². The Morgan fingerprint density at radius 2 is 2.29 bits per heavy atom. The number of fused-ring (bicyclic) bond motifs is 1. The van der Waals surface area contributed by atoms with Crippen LogP contribution >= 0.6 is 0 Å². The largest absolute Gasteiger partial charge is 0.369 e. The second kappa shape index (κ2) is 3.49. The summed E-state index contributed by atoms with van der Waals surface area (Å²) < 4.78 is 11.4. The molecule has 2 aliphatic rings. The van der Waals surface area contributed by atoms with Gasteiger partial charge in [0, 0.05) is 5.92 Å². The molecule has 4 nitrogen and oxygen atoms in total. The van der Waals surface area contributed by atoms with Crippen LogP contribution in [-0.4, -0.2) is 37.1 Å². The van der Waals surface area contributed by atoms with Crippen molar-refractivity contribution >= 4 is 7.85 Å². The summed E-state index contributed by atoms with van der Waals surface area (Å²) in [4.78, 5) is 0. The van der Waals surface area contributed by atoms with Gasteiger partial charge >= 0.3 is 0 Å². The first-order valence-corrected chi connectivity index (χ1v) is 5.00. The molecule has 2 heterocycles. The molecule has 0 aromatic carbocycles. The Morgan fingerprint density at radius 3 is 2.86 bits per heavy atom. The first-order valence-electron chi connectivity index (χ1n) is 5.00. The highest BCUT2D eigenvalue weighted by atomic mass is 16.6. The van der Waals surface area contributed by atoms with Crippen LogP contribution in [0.1, 0.15) is 20.3 Å². The molecule has 2 fully saturated rings. The van der Waals surface area contributed by atoms with Gasteiger partial charge in [0.25, 0.3) is 0 Å². The SMILES string of the molecule is [B]CC1OC(NO)C2CC(C)(C)OC12. The van der Waals surface area contributed by atoms with E-state index in [0.717, 1.165) is 6.42 Å². The Hall–Kier alpha value is -0.0951. The summed E-state index contributed by atoms with van der Waals surface area (Å²) in [5, 5.41) is 8.93. The summed E-state index contributed by atoms with van der Waals surface area (Å²) >= 11 is 0. The first-order chi connectivity index (χ1) is 6.57. The minimum absolute atomic E-state index is 0.0136. The van der Waals surface area contributed by atoms with Crippen molar-refractivity contribution in [1.82, 2.24) is 5.48 Å². The Morgan fingerprint density at radius 1 is 1.57 bits per heavy atom. The van der Waals surface area contributed by atoms with Gasteiger partial charge in [-0.15, -0.1) is 0 Å². The van der Waals surface area contributed by atoms with Crippen molar-refractivity contribution in [3.63, 3.8) is 0 Å².